The number of aliphatic carboxylic acids is 1. The van der Waals surface area contributed by atoms with E-state index in [9.17, 15) is 15.0 Å². The molecule has 1 aliphatic rings. The van der Waals surface area contributed by atoms with Gasteiger partial charge in [-0.2, -0.15) is 0 Å². The molecule has 178 valence electrons. The van der Waals surface area contributed by atoms with Crippen molar-refractivity contribution in [1.82, 2.24) is 9.97 Å². The van der Waals surface area contributed by atoms with Crippen molar-refractivity contribution in [2.24, 2.45) is 5.92 Å². The molecule has 0 aliphatic heterocycles. The Bertz CT molecular complexity index is 1250. The summed E-state index contributed by atoms with van der Waals surface area (Å²) >= 11 is 0. The summed E-state index contributed by atoms with van der Waals surface area (Å²) in [7, 11) is 1.64. The predicted molar refractivity (Wildman–Crippen MR) is 133 cm³/mol. The molecule has 0 spiro atoms. The highest BCUT2D eigenvalue weighted by atomic mass is 16.5. The van der Waals surface area contributed by atoms with Crippen molar-refractivity contribution in [1.29, 1.82) is 0 Å². The summed E-state index contributed by atoms with van der Waals surface area (Å²) in [6.45, 7) is 5.68. The standard InChI is InChI=1S/C27H31N3O4/c1-15(20-6-5-7-21(12-20)16(2)31)28-26-23-13-22(18-8-10-19(11-9-18)27(32)33)25(34-4)14-24(23)29-17(3)30-26/h5-8,12-16,19,31H,9-11H2,1-4H3,(H,32,33)(H,28,29,30)/t15-,16?,19?/m1/s1. The smallest absolute Gasteiger partial charge is 0.306 e. The maximum Gasteiger partial charge on any atom is 0.306 e. The van der Waals surface area contributed by atoms with Crippen LogP contribution >= 0.6 is 0 Å². The van der Waals surface area contributed by atoms with Crippen molar-refractivity contribution < 1.29 is 19.7 Å². The summed E-state index contributed by atoms with van der Waals surface area (Å²) in [6, 6.07) is 11.8. The number of anilines is 1. The predicted octanol–water partition coefficient (Wildman–Crippen LogP) is 5.44. The van der Waals surface area contributed by atoms with Crippen molar-refractivity contribution in [2.45, 2.75) is 52.2 Å². The number of hydrogen-bond donors (Lipinski definition) is 3. The molecule has 0 saturated carbocycles. The molecule has 1 aromatic heterocycles. The summed E-state index contributed by atoms with van der Waals surface area (Å²) in [5.74, 6) is 1.01. The molecule has 34 heavy (non-hydrogen) atoms. The fraction of sp³-hybridized carbons (Fsp3) is 0.370. The molecule has 2 unspecified atom stereocenters. The number of nitrogens with zero attached hydrogens (tertiary/aromatic N) is 2. The lowest BCUT2D eigenvalue weighted by atomic mass is 9.86. The Hall–Kier alpha value is -3.45. The first-order valence-corrected chi connectivity index (χ1v) is 11.6. The van der Waals surface area contributed by atoms with E-state index in [-0.39, 0.29) is 12.0 Å². The van der Waals surface area contributed by atoms with Crippen molar-refractivity contribution >= 4 is 28.3 Å². The van der Waals surface area contributed by atoms with Gasteiger partial charge < -0.3 is 20.3 Å². The molecule has 2 aromatic carbocycles. The number of nitrogens with one attached hydrogen (secondary N) is 1. The van der Waals surface area contributed by atoms with Crippen LogP contribution in [0, 0.1) is 12.8 Å². The zero-order valence-corrected chi connectivity index (χ0v) is 20.0. The van der Waals surface area contributed by atoms with Gasteiger partial charge in [0.15, 0.2) is 0 Å². The summed E-state index contributed by atoms with van der Waals surface area (Å²) in [6.07, 6.45) is 3.27. The monoisotopic (exact) mass is 461 g/mol. The number of rotatable bonds is 7. The number of carboxylic acids is 1. The molecule has 1 heterocycles. The first kappa shape index (κ1) is 23.7. The van der Waals surface area contributed by atoms with Crippen LogP contribution in [0.1, 0.15) is 67.8 Å². The molecule has 3 N–H and O–H groups in total. The third kappa shape index (κ3) is 4.89. The van der Waals surface area contributed by atoms with Gasteiger partial charge in [-0.25, -0.2) is 9.97 Å². The fourth-order valence-electron chi connectivity index (χ4n) is 4.48. The second-order valence-corrected chi connectivity index (χ2v) is 8.94. The lowest BCUT2D eigenvalue weighted by Crippen LogP contribution is -2.16. The summed E-state index contributed by atoms with van der Waals surface area (Å²) < 4.78 is 5.69. The molecule has 1 aliphatic carbocycles. The van der Waals surface area contributed by atoms with Gasteiger partial charge in [0.2, 0.25) is 0 Å². The Morgan fingerprint density at radius 3 is 2.59 bits per heavy atom. The third-order valence-electron chi connectivity index (χ3n) is 6.48. The zero-order valence-electron chi connectivity index (χ0n) is 20.0. The Balaban J connectivity index is 1.73. The fourth-order valence-corrected chi connectivity index (χ4v) is 4.48. The van der Waals surface area contributed by atoms with E-state index in [1.807, 2.05) is 49.4 Å². The molecule has 0 radical (unpaired) electrons. The summed E-state index contributed by atoms with van der Waals surface area (Å²) in [4.78, 5) is 20.7. The van der Waals surface area contributed by atoms with Gasteiger partial charge in [-0.05, 0) is 62.8 Å². The Labute approximate surface area is 199 Å². The van der Waals surface area contributed by atoms with E-state index in [0.717, 1.165) is 39.0 Å². The maximum absolute atomic E-state index is 11.4. The molecular formula is C27H31N3O4. The highest BCUT2D eigenvalue weighted by molar-refractivity contribution is 5.94. The summed E-state index contributed by atoms with van der Waals surface area (Å²) in [5.41, 5.74) is 4.72. The van der Waals surface area contributed by atoms with Gasteiger partial charge in [0, 0.05) is 23.1 Å². The molecule has 0 bridgehead atoms. The number of allylic oxidation sites excluding steroid dienone is 2. The maximum atomic E-state index is 11.4. The lowest BCUT2D eigenvalue weighted by molar-refractivity contribution is -0.141. The van der Waals surface area contributed by atoms with E-state index in [4.69, 9.17) is 9.72 Å². The van der Waals surface area contributed by atoms with Gasteiger partial charge in [0.1, 0.15) is 17.4 Å². The highest BCUT2D eigenvalue weighted by Gasteiger charge is 2.23. The average Bonchev–Trinajstić information content (AvgIpc) is 2.83. The van der Waals surface area contributed by atoms with Crippen LogP contribution in [0.2, 0.25) is 0 Å². The number of aliphatic hydroxyl groups is 1. The third-order valence-corrected chi connectivity index (χ3v) is 6.48. The van der Waals surface area contributed by atoms with Gasteiger partial charge >= 0.3 is 5.97 Å². The van der Waals surface area contributed by atoms with Crippen molar-refractivity contribution in [3.05, 3.63) is 65.0 Å². The van der Waals surface area contributed by atoms with Crippen LogP contribution in [0.25, 0.3) is 16.5 Å². The highest BCUT2D eigenvalue weighted by Crippen LogP contribution is 2.38. The zero-order chi connectivity index (χ0) is 24.4. The number of ether oxygens (including phenoxy) is 1. The van der Waals surface area contributed by atoms with E-state index < -0.39 is 12.1 Å². The van der Waals surface area contributed by atoms with Crippen LogP contribution in [0.4, 0.5) is 5.82 Å². The number of aryl methyl sites for hydroxylation is 1. The average molecular weight is 462 g/mol. The molecule has 3 aromatic rings. The molecule has 4 rings (SSSR count). The minimum atomic E-state index is -0.746. The number of carboxylic acid groups (broad SMARTS) is 1. The first-order chi connectivity index (χ1) is 16.3. The molecule has 0 saturated heterocycles. The number of fused-ring (bicyclic) bond motifs is 1. The van der Waals surface area contributed by atoms with E-state index in [1.54, 1.807) is 14.0 Å². The number of hydrogen-bond acceptors (Lipinski definition) is 6. The van der Waals surface area contributed by atoms with Gasteiger partial charge in [0.25, 0.3) is 0 Å². The van der Waals surface area contributed by atoms with Crippen molar-refractivity contribution in [3.63, 3.8) is 0 Å². The van der Waals surface area contributed by atoms with Crippen LogP contribution in [0.5, 0.6) is 5.75 Å². The van der Waals surface area contributed by atoms with Gasteiger partial charge in [0.05, 0.1) is 24.6 Å². The van der Waals surface area contributed by atoms with E-state index in [1.165, 1.54) is 0 Å². The van der Waals surface area contributed by atoms with Gasteiger partial charge in [-0.3, -0.25) is 4.79 Å². The van der Waals surface area contributed by atoms with Crippen LogP contribution in [-0.4, -0.2) is 33.3 Å². The Morgan fingerprint density at radius 1 is 1.18 bits per heavy atom. The van der Waals surface area contributed by atoms with Crippen LogP contribution < -0.4 is 10.1 Å². The number of methoxy groups -OCH3 is 1. The van der Waals surface area contributed by atoms with Crippen molar-refractivity contribution in [2.75, 3.05) is 12.4 Å². The Morgan fingerprint density at radius 2 is 1.94 bits per heavy atom. The largest absolute Gasteiger partial charge is 0.496 e. The second kappa shape index (κ2) is 9.81. The quantitative estimate of drug-likeness (QED) is 0.430. The SMILES string of the molecule is COc1cc2nc(C)nc(N[C@H](C)c3cccc(C(C)O)c3)c2cc1C1=CCC(C(=O)O)CC1. The Kier molecular flexibility index (Phi) is 6.84. The number of aromatic nitrogens is 2. The number of carbonyl (C=O) groups is 1. The topological polar surface area (TPSA) is 105 Å². The lowest BCUT2D eigenvalue weighted by Gasteiger charge is -2.22. The normalized spacial score (nSPS) is 17.7. The van der Waals surface area contributed by atoms with Crippen LogP contribution in [-0.2, 0) is 4.79 Å². The minimum Gasteiger partial charge on any atom is -0.496 e. The molecule has 0 fully saturated rings. The van der Waals surface area contributed by atoms with Gasteiger partial charge in [-0.15, -0.1) is 0 Å². The molecular weight excluding hydrogens is 430 g/mol. The molecule has 7 heteroatoms. The van der Waals surface area contributed by atoms with Crippen molar-refractivity contribution in [3.8, 4) is 5.75 Å². The second-order valence-electron chi connectivity index (χ2n) is 8.94. The molecule has 0 amide bonds. The van der Waals surface area contributed by atoms with E-state index >= 15 is 0 Å². The molecule has 7 nitrogen and oxygen atoms in total. The van der Waals surface area contributed by atoms with Crippen LogP contribution in [0.3, 0.4) is 0 Å². The molecule has 3 atom stereocenters. The minimum absolute atomic E-state index is 0.0491. The number of benzene rings is 2. The van der Waals surface area contributed by atoms with Gasteiger partial charge in [-0.1, -0.05) is 30.3 Å². The van der Waals surface area contributed by atoms with E-state index in [0.29, 0.717) is 30.8 Å². The van der Waals surface area contributed by atoms with Crippen LogP contribution in [0.15, 0.2) is 42.5 Å². The summed E-state index contributed by atoms with van der Waals surface area (Å²) in [5, 5.41) is 23.7. The number of aliphatic hydroxyl groups excluding tert-OH is 1. The first-order valence-electron chi connectivity index (χ1n) is 11.6. The van der Waals surface area contributed by atoms with E-state index in [2.05, 4.69) is 17.2 Å².